The van der Waals surface area contributed by atoms with Gasteiger partial charge in [0, 0.05) is 0 Å². The molecule has 0 aromatic rings. The molecule has 164 valence electrons. The highest BCUT2D eigenvalue weighted by Crippen LogP contribution is 1.98. The third kappa shape index (κ3) is 9.45. The zero-order valence-corrected chi connectivity index (χ0v) is 15.0. The monoisotopic (exact) mass is 421 g/mol. The van der Waals surface area contributed by atoms with Crippen molar-refractivity contribution in [2.75, 3.05) is 13.2 Å². The molecule has 0 aliphatic heterocycles. The number of carboxylic acids is 2. The molecular formula is C14H23N5O10. The molecule has 0 fully saturated rings. The van der Waals surface area contributed by atoms with Crippen molar-refractivity contribution in [1.29, 1.82) is 0 Å². The fraction of sp³-hybridized carbons (Fsp3) is 0.571. The van der Waals surface area contributed by atoms with Crippen molar-refractivity contribution >= 4 is 35.6 Å². The van der Waals surface area contributed by atoms with Crippen LogP contribution in [-0.4, -0.2) is 93.4 Å². The van der Waals surface area contributed by atoms with Crippen molar-refractivity contribution in [1.82, 2.24) is 16.0 Å². The van der Waals surface area contributed by atoms with Gasteiger partial charge in [-0.2, -0.15) is 0 Å². The van der Waals surface area contributed by atoms with Gasteiger partial charge >= 0.3 is 11.9 Å². The Morgan fingerprint density at radius 2 is 1.17 bits per heavy atom. The molecule has 0 saturated heterocycles. The zero-order chi connectivity index (χ0) is 22.7. The smallest absolute Gasteiger partial charge is 0.328 e. The third-order valence-electron chi connectivity index (χ3n) is 3.38. The van der Waals surface area contributed by atoms with E-state index in [0.717, 1.165) is 0 Å². The number of hydrogen-bond donors (Lipinski definition) is 9. The number of carboxylic acid groups (broad SMARTS) is 2. The van der Waals surface area contributed by atoms with Gasteiger partial charge < -0.3 is 47.8 Å². The SMILES string of the molecule is NC(=O)CC(N)C(=O)NC(CO)C(=O)NC(CC(=O)O)C(=O)NC(CO)C(=O)O. The summed E-state index contributed by atoms with van der Waals surface area (Å²) in [6.07, 6.45) is -1.52. The van der Waals surface area contributed by atoms with Gasteiger partial charge in [-0.3, -0.25) is 24.0 Å². The minimum Gasteiger partial charge on any atom is -0.481 e. The number of nitrogens with one attached hydrogen (secondary N) is 3. The lowest BCUT2D eigenvalue weighted by atomic mass is 10.1. The molecule has 0 spiro atoms. The van der Waals surface area contributed by atoms with Gasteiger partial charge in [0.2, 0.25) is 23.6 Å². The lowest BCUT2D eigenvalue weighted by Gasteiger charge is -2.23. The second kappa shape index (κ2) is 12.2. The Labute approximate surface area is 163 Å². The van der Waals surface area contributed by atoms with Gasteiger partial charge in [0.25, 0.3) is 0 Å². The molecule has 0 radical (unpaired) electrons. The maximum absolute atomic E-state index is 12.2. The fourth-order valence-corrected chi connectivity index (χ4v) is 1.90. The lowest BCUT2D eigenvalue weighted by molar-refractivity contribution is -0.144. The average Bonchev–Trinajstić information content (AvgIpc) is 2.61. The van der Waals surface area contributed by atoms with Crippen LogP contribution in [0.4, 0.5) is 0 Å². The molecule has 0 aliphatic rings. The first-order chi connectivity index (χ1) is 13.4. The van der Waals surface area contributed by atoms with Crippen molar-refractivity contribution in [3.05, 3.63) is 0 Å². The van der Waals surface area contributed by atoms with Crippen LogP contribution < -0.4 is 27.4 Å². The molecule has 0 bridgehead atoms. The molecule has 11 N–H and O–H groups in total. The Balaban J connectivity index is 5.19. The minimum absolute atomic E-state index is 0.548. The van der Waals surface area contributed by atoms with Gasteiger partial charge in [0.05, 0.1) is 32.1 Å². The van der Waals surface area contributed by atoms with Gasteiger partial charge in [0.15, 0.2) is 0 Å². The minimum atomic E-state index is -1.79. The van der Waals surface area contributed by atoms with E-state index in [9.17, 15) is 33.9 Å². The van der Waals surface area contributed by atoms with E-state index in [2.05, 4.69) is 0 Å². The number of primary amides is 1. The first kappa shape index (κ1) is 25.7. The molecule has 15 heteroatoms. The van der Waals surface area contributed by atoms with Crippen LogP contribution in [0.25, 0.3) is 0 Å². The van der Waals surface area contributed by atoms with Crippen molar-refractivity contribution in [2.45, 2.75) is 37.0 Å². The molecule has 0 aromatic carbocycles. The topological polar surface area (TPSA) is 271 Å². The molecule has 0 saturated carbocycles. The van der Waals surface area contributed by atoms with Gasteiger partial charge in [-0.05, 0) is 0 Å². The van der Waals surface area contributed by atoms with E-state index in [1.165, 1.54) is 0 Å². The second-order valence-corrected chi connectivity index (χ2v) is 5.76. The predicted molar refractivity (Wildman–Crippen MR) is 91.6 cm³/mol. The van der Waals surface area contributed by atoms with E-state index in [0.29, 0.717) is 0 Å². The van der Waals surface area contributed by atoms with Crippen LogP contribution in [0, 0.1) is 0 Å². The van der Waals surface area contributed by atoms with E-state index in [4.69, 9.17) is 26.8 Å². The number of aliphatic hydroxyl groups is 2. The second-order valence-electron chi connectivity index (χ2n) is 5.76. The van der Waals surface area contributed by atoms with Gasteiger partial charge in [-0.25, -0.2) is 4.79 Å². The van der Waals surface area contributed by atoms with E-state index >= 15 is 0 Å². The Hall–Kier alpha value is -3.30. The van der Waals surface area contributed by atoms with Crippen LogP contribution in [0.2, 0.25) is 0 Å². The highest BCUT2D eigenvalue weighted by atomic mass is 16.4. The molecule has 4 unspecified atom stereocenters. The normalized spacial score (nSPS) is 14.6. The molecule has 0 aromatic heterocycles. The number of carbonyl (C=O) groups is 6. The number of nitrogens with two attached hydrogens (primary N) is 2. The first-order valence-electron chi connectivity index (χ1n) is 8.04. The maximum Gasteiger partial charge on any atom is 0.328 e. The Morgan fingerprint density at radius 1 is 0.724 bits per heavy atom. The number of aliphatic carboxylic acids is 2. The quantitative estimate of drug-likeness (QED) is 0.135. The average molecular weight is 421 g/mol. The number of amides is 4. The first-order valence-corrected chi connectivity index (χ1v) is 8.04. The predicted octanol–water partition coefficient (Wildman–Crippen LogP) is -5.81. The summed E-state index contributed by atoms with van der Waals surface area (Å²) in [7, 11) is 0. The zero-order valence-electron chi connectivity index (χ0n) is 15.0. The third-order valence-corrected chi connectivity index (χ3v) is 3.38. The fourth-order valence-electron chi connectivity index (χ4n) is 1.90. The van der Waals surface area contributed by atoms with Crippen molar-refractivity contribution in [2.24, 2.45) is 11.5 Å². The molecule has 4 atom stereocenters. The summed E-state index contributed by atoms with van der Waals surface area (Å²) in [6.45, 7) is -1.97. The van der Waals surface area contributed by atoms with E-state index in [1.54, 1.807) is 0 Å². The summed E-state index contributed by atoms with van der Waals surface area (Å²) in [5, 5.41) is 41.6. The van der Waals surface area contributed by atoms with Crippen molar-refractivity contribution in [3.8, 4) is 0 Å². The summed E-state index contributed by atoms with van der Waals surface area (Å²) in [6, 6.07) is -6.64. The molecule has 0 rings (SSSR count). The Bertz CT molecular complexity index is 655. The van der Waals surface area contributed by atoms with Gasteiger partial charge in [-0.15, -0.1) is 0 Å². The number of aliphatic hydroxyl groups excluding tert-OH is 2. The van der Waals surface area contributed by atoms with Crippen LogP contribution in [0.1, 0.15) is 12.8 Å². The summed E-state index contributed by atoms with van der Waals surface area (Å²) in [4.78, 5) is 68.6. The summed E-state index contributed by atoms with van der Waals surface area (Å²) < 4.78 is 0. The van der Waals surface area contributed by atoms with Gasteiger partial charge in [-0.1, -0.05) is 0 Å². The van der Waals surface area contributed by atoms with Crippen LogP contribution in [-0.2, 0) is 28.8 Å². The molecule has 0 heterocycles. The largest absolute Gasteiger partial charge is 0.481 e. The summed E-state index contributed by atoms with van der Waals surface area (Å²) >= 11 is 0. The van der Waals surface area contributed by atoms with Crippen molar-refractivity contribution in [3.63, 3.8) is 0 Å². The molecule has 15 nitrogen and oxygen atoms in total. The number of hydrogen-bond acceptors (Lipinski definition) is 9. The Morgan fingerprint density at radius 3 is 1.59 bits per heavy atom. The maximum atomic E-state index is 12.2. The number of rotatable bonds is 13. The van der Waals surface area contributed by atoms with Crippen LogP contribution >= 0.6 is 0 Å². The van der Waals surface area contributed by atoms with Crippen LogP contribution in [0.15, 0.2) is 0 Å². The standard InChI is InChI=1S/C14H23N5O10/c15-5(1-9(16)22)11(25)18-7(3-20)13(27)17-6(2-10(23)24)12(26)19-8(4-21)14(28)29/h5-8,20-21H,1-4,15H2,(H2,16,22)(H,17,27)(H,18,25)(H,19,26)(H,23,24)(H,28,29). The number of carbonyl (C=O) groups excluding carboxylic acids is 4. The molecule has 29 heavy (non-hydrogen) atoms. The summed E-state index contributed by atoms with van der Waals surface area (Å²) in [5.41, 5.74) is 10.3. The van der Waals surface area contributed by atoms with Gasteiger partial charge in [0.1, 0.15) is 18.1 Å². The van der Waals surface area contributed by atoms with Crippen LogP contribution in [0.5, 0.6) is 0 Å². The highest BCUT2D eigenvalue weighted by molar-refractivity contribution is 5.96. The molecule has 0 aliphatic carbocycles. The van der Waals surface area contributed by atoms with E-state index in [1.807, 2.05) is 16.0 Å². The van der Waals surface area contributed by atoms with E-state index in [-0.39, 0.29) is 0 Å². The van der Waals surface area contributed by atoms with Crippen molar-refractivity contribution < 1.29 is 49.2 Å². The Kier molecular flexibility index (Phi) is 10.8. The molecule has 4 amide bonds. The highest BCUT2D eigenvalue weighted by Gasteiger charge is 2.31. The molecular weight excluding hydrogens is 398 g/mol. The van der Waals surface area contributed by atoms with E-state index < -0.39 is 85.8 Å². The summed E-state index contributed by atoms with van der Waals surface area (Å²) in [5.74, 6) is -7.49. The van der Waals surface area contributed by atoms with Crippen LogP contribution in [0.3, 0.4) is 0 Å². The lowest BCUT2D eigenvalue weighted by Crippen LogP contribution is -2.58.